The highest BCUT2D eigenvalue weighted by atomic mass is 32.2. The number of carboxylic acids is 1. The molecule has 0 radical (unpaired) electrons. The molecule has 1 aliphatic rings. The highest BCUT2D eigenvalue weighted by Crippen LogP contribution is 2.40. The molecule has 1 unspecified atom stereocenters. The van der Waals surface area contributed by atoms with E-state index < -0.39 is 27.4 Å². The van der Waals surface area contributed by atoms with Gasteiger partial charge in [-0.15, -0.1) is 0 Å². The topological polar surface area (TPSA) is 131 Å². The van der Waals surface area contributed by atoms with Gasteiger partial charge in [-0.25, -0.2) is 8.42 Å². The Balaban J connectivity index is 2.36. The summed E-state index contributed by atoms with van der Waals surface area (Å²) >= 11 is 0. The van der Waals surface area contributed by atoms with E-state index >= 15 is 0 Å². The minimum atomic E-state index is -4.06. The van der Waals surface area contributed by atoms with Gasteiger partial charge in [0, 0.05) is 13.2 Å². The fraction of sp³-hybridized carbons (Fsp3) is 0.500. The van der Waals surface area contributed by atoms with Crippen LogP contribution in [0.5, 0.6) is 0 Å². The van der Waals surface area contributed by atoms with Crippen LogP contribution in [0.2, 0.25) is 0 Å². The first kappa shape index (κ1) is 15.5. The molecular formula is C12H17N3O5S. The summed E-state index contributed by atoms with van der Waals surface area (Å²) in [5, 5.41) is 9.29. The molecule has 0 aromatic carbocycles. The monoisotopic (exact) mass is 315 g/mol. The van der Waals surface area contributed by atoms with Crippen molar-refractivity contribution in [1.82, 2.24) is 9.29 Å². The summed E-state index contributed by atoms with van der Waals surface area (Å²) in [5.74, 6) is -2.22. The molecule has 4 N–H and O–H groups in total. The number of hydrogen-bond acceptors (Lipinski definition) is 4. The molecule has 0 aliphatic heterocycles. The number of nitrogens with two attached hydrogens (primary N) is 1. The largest absolute Gasteiger partial charge is 0.480 e. The van der Waals surface area contributed by atoms with E-state index in [0.717, 1.165) is 6.07 Å². The Morgan fingerprint density at radius 3 is 2.43 bits per heavy atom. The van der Waals surface area contributed by atoms with Crippen LogP contribution < -0.4 is 10.5 Å². The van der Waals surface area contributed by atoms with E-state index in [2.05, 4.69) is 4.72 Å². The zero-order valence-electron chi connectivity index (χ0n) is 11.7. The number of amides is 1. The summed E-state index contributed by atoms with van der Waals surface area (Å²) in [6.07, 6.45) is 2.54. The molecule has 1 saturated carbocycles. The quantitative estimate of drug-likeness (QED) is 0.660. The smallest absolute Gasteiger partial charge is 0.324 e. The Bertz CT molecular complexity index is 704. The van der Waals surface area contributed by atoms with Crippen molar-refractivity contribution in [2.75, 3.05) is 0 Å². The maximum absolute atomic E-state index is 12.3. The lowest BCUT2D eigenvalue weighted by atomic mass is 9.98. The Morgan fingerprint density at radius 1 is 1.48 bits per heavy atom. The molecule has 0 spiro atoms. The number of carboxylic acid groups (broad SMARTS) is 1. The second kappa shape index (κ2) is 4.85. The molecule has 1 amide bonds. The van der Waals surface area contributed by atoms with Crippen LogP contribution in [-0.4, -0.2) is 35.5 Å². The number of carbonyl (C=O) groups excluding carboxylic acids is 1. The molecule has 1 aromatic heterocycles. The van der Waals surface area contributed by atoms with E-state index in [-0.39, 0.29) is 16.5 Å². The number of primary amides is 1. The van der Waals surface area contributed by atoms with Crippen molar-refractivity contribution >= 4 is 21.9 Å². The van der Waals surface area contributed by atoms with Crippen LogP contribution >= 0.6 is 0 Å². The van der Waals surface area contributed by atoms with Gasteiger partial charge in [0.05, 0.1) is 0 Å². The van der Waals surface area contributed by atoms with Gasteiger partial charge in [0.2, 0.25) is 10.0 Å². The third-order valence-electron chi connectivity index (χ3n) is 3.73. The minimum Gasteiger partial charge on any atom is -0.480 e. The average Bonchev–Trinajstić information content (AvgIpc) is 3.11. The van der Waals surface area contributed by atoms with Crippen molar-refractivity contribution in [3.05, 3.63) is 18.0 Å². The number of carbonyl (C=O) groups is 2. The van der Waals surface area contributed by atoms with Gasteiger partial charge in [-0.2, -0.15) is 4.72 Å². The van der Waals surface area contributed by atoms with Crippen LogP contribution in [0, 0.1) is 5.92 Å². The van der Waals surface area contributed by atoms with Gasteiger partial charge in [-0.05, 0) is 31.7 Å². The first-order valence-electron chi connectivity index (χ1n) is 6.31. The normalized spacial score (nSPS) is 18.2. The standard InChI is InChI=1S/C12H17N3O5S/c1-12(11(17)18,7-3-4-7)14-21(19,20)8-5-9(10(13)16)15(2)6-8/h5-7,14H,3-4H2,1-2H3,(H2,13,16)(H,17,18). The fourth-order valence-corrected chi connectivity index (χ4v) is 3.72. The van der Waals surface area contributed by atoms with Crippen molar-refractivity contribution in [2.45, 2.75) is 30.2 Å². The number of aryl methyl sites for hydroxylation is 1. The second-order valence-electron chi connectivity index (χ2n) is 5.42. The lowest BCUT2D eigenvalue weighted by Crippen LogP contribution is -2.53. The van der Waals surface area contributed by atoms with Crippen molar-refractivity contribution in [3.8, 4) is 0 Å². The van der Waals surface area contributed by atoms with E-state index in [1.54, 1.807) is 0 Å². The Kier molecular flexibility index (Phi) is 3.58. The SMILES string of the molecule is Cn1cc(S(=O)(=O)NC(C)(C(=O)O)C2CC2)cc1C(N)=O. The van der Waals surface area contributed by atoms with Crippen molar-refractivity contribution in [3.63, 3.8) is 0 Å². The molecule has 1 heterocycles. The van der Waals surface area contributed by atoms with Crippen LogP contribution in [0.15, 0.2) is 17.2 Å². The fourth-order valence-electron chi connectivity index (χ4n) is 2.23. The summed E-state index contributed by atoms with van der Waals surface area (Å²) in [7, 11) is -2.58. The third kappa shape index (κ3) is 2.79. The molecule has 1 aromatic rings. The van der Waals surface area contributed by atoms with Gasteiger partial charge < -0.3 is 15.4 Å². The summed E-state index contributed by atoms with van der Waals surface area (Å²) < 4.78 is 28.2. The lowest BCUT2D eigenvalue weighted by molar-refractivity contribution is -0.144. The van der Waals surface area contributed by atoms with Gasteiger partial charge in [0.25, 0.3) is 5.91 Å². The Hall–Kier alpha value is -1.87. The van der Waals surface area contributed by atoms with Crippen LogP contribution in [0.3, 0.4) is 0 Å². The number of aliphatic carboxylic acids is 1. The van der Waals surface area contributed by atoms with Gasteiger partial charge in [-0.1, -0.05) is 0 Å². The molecule has 9 heteroatoms. The summed E-state index contributed by atoms with van der Waals surface area (Å²) in [5.41, 5.74) is 3.61. The summed E-state index contributed by atoms with van der Waals surface area (Å²) in [4.78, 5) is 22.4. The molecule has 0 bridgehead atoms. The maximum atomic E-state index is 12.3. The third-order valence-corrected chi connectivity index (χ3v) is 5.26. The van der Waals surface area contributed by atoms with Crippen molar-refractivity contribution in [2.24, 2.45) is 18.7 Å². The summed E-state index contributed by atoms with van der Waals surface area (Å²) in [6, 6.07) is 1.12. The summed E-state index contributed by atoms with van der Waals surface area (Å²) in [6.45, 7) is 1.35. The highest BCUT2D eigenvalue weighted by molar-refractivity contribution is 7.89. The zero-order valence-corrected chi connectivity index (χ0v) is 12.5. The Labute approximate surface area is 122 Å². The van der Waals surface area contributed by atoms with E-state index in [1.165, 1.54) is 24.7 Å². The number of nitrogens with one attached hydrogen (secondary N) is 1. The number of hydrogen-bond donors (Lipinski definition) is 3. The number of aromatic nitrogens is 1. The molecule has 116 valence electrons. The molecule has 21 heavy (non-hydrogen) atoms. The molecule has 1 atom stereocenters. The van der Waals surface area contributed by atoms with Gasteiger partial charge in [0.15, 0.2) is 0 Å². The van der Waals surface area contributed by atoms with E-state index in [1.807, 2.05) is 0 Å². The lowest BCUT2D eigenvalue weighted by Gasteiger charge is -2.25. The zero-order chi connectivity index (χ0) is 16.0. The van der Waals surface area contributed by atoms with Crippen LogP contribution in [0.4, 0.5) is 0 Å². The maximum Gasteiger partial charge on any atom is 0.324 e. The number of sulfonamides is 1. The van der Waals surface area contributed by atoms with Crippen molar-refractivity contribution in [1.29, 1.82) is 0 Å². The van der Waals surface area contributed by atoms with Crippen LogP contribution in [0.25, 0.3) is 0 Å². The predicted molar refractivity (Wildman–Crippen MR) is 73.0 cm³/mol. The predicted octanol–water partition coefficient (Wildman–Crippen LogP) is -0.344. The minimum absolute atomic E-state index is 0.0267. The highest BCUT2D eigenvalue weighted by Gasteiger charge is 2.50. The number of nitrogens with zero attached hydrogens (tertiary/aromatic N) is 1. The molecule has 2 rings (SSSR count). The van der Waals surface area contributed by atoms with E-state index in [9.17, 15) is 23.1 Å². The Morgan fingerprint density at radius 2 is 2.05 bits per heavy atom. The van der Waals surface area contributed by atoms with Crippen LogP contribution in [0.1, 0.15) is 30.3 Å². The molecule has 0 saturated heterocycles. The van der Waals surface area contributed by atoms with Crippen molar-refractivity contribution < 1.29 is 23.1 Å². The molecule has 1 aliphatic carbocycles. The first-order valence-corrected chi connectivity index (χ1v) is 7.80. The number of rotatable bonds is 6. The van der Waals surface area contributed by atoms with Gasteiger partial charge in [0.1, 0.15) is 16.1 Å². The first-order chi connectivity index (χ1) is 9.58. The van der Waals surface area contributed by atoms with Gasteiger partial charge in [-0.3, -0.25) is 9.59 Å². The average molecular weight is 315 g/mol. The molecule has 1 fully saturated rings. The van der Waals surface area contributed by atoms with E-state index in [4.69, 9.17) is 5.73 Å². The van der Waals surface area contributed by atoms with Crippen LogP contribution in [-0.2, 0) is 21.9 Å². The second-order valence-corrected chi connectivity index (χ2v) is 7.11. The molecule has 8 nitrogen and oxygen atoms in total. The molecular weight excluding hydrogens is 298 g/mol. The van der Waals surface area contributed by atoms with E-state index in [0.29, 0.717) is 12.8 Å². The van der Waals surface area contributed by atoms with Gasteiger partial charge >= 0.3 is 5.97 Å².